The van der Waals surface area contributed by atoms with Gasteiger partial charge in [-0.3, -0.25) is 9.36 Å². The van der Waals surface area contributed by atoms with E-state index in [1.54, 1.807) is 18.2 Å². The summed E-state index contributed by atoms with van der Waals surface area (Å²) in [6.45, 7) is 8.34. The number of benzene rings is 1. The van der Waals surface area contributed by atoms with Crippen molar-refractivity contribution in [3.05, 3.63) is 63.8 Å². The lowest BCUT2D eigenvalue weighted by atomic mass is 9.88. The first kappa shape index (κ1) is 27.2. The maximum Gasteiger partial charge on any atom is 0.341 e. The molecule has 11 heteroatoms. The van der Waals surface area contributed by atoms with E-state index in [-0.39, 0.29) is 11.7 Å². The van der Waals surface area contributed by atoms with Crippen LogP contribution in [-0.4, -0.2) is 39.5 Å². The molecule has 1 amide bonds. The van der Waals surface area contributed by atoms with Crippen molar-refractivity contribution >= 4 is 51.6 Å². The second kappa shape index (κ2) is 12.1. The van der Waals surface area contributed by atoms with Gasteiger partial charge in [-0.15, -0.1) is 28.1 Å². The van der Waals surface area contributed by atoms with Crippen LogP contribution in [0.15, 0.2) is 42.1 Å². The molecule has 1 aliphatic carbocycles. The van der Waals surface area contributed by atoms with Crippen LogP contribution in [0.4, 0.5) is 5.00 Å². The molecule has 0 spiro atoms. The number of aromatic nitrogens is 3. The fourth-order valence-corrected chi connectivity index (χ4v) is 6.59. The Bertz CT molecular complexity index is 1310. The number of rotatable bonds is 10. The SMILES string of the molecule is C=CCn1c(SCC(=O)Nc2sc3c(c2C(=O)OC)CCC(C)C3)nnc1C(C)Oc1ccccc1Cl. The number of halogens is 1. The third-order valence-electron chi connectivity index (χ3n) is 6.05. The van der Waals surface area contributed by atoms with Gasteiger partial charge in [0, 0.05) is 11.4 Å². The van der Waals surface area contributed by atoms with Gasteiger partial charge in [0.2, 0.25) is 5.91 Å². The molecule has 0 bridgehead atoms. The number of nitrogens with one attached hydrogen (secondary N) is 1. The Hall–Kier alpha value is -2.82. The van der Waals surface area contributed by atoms with E-state index in [0.29, 0.717) is 44.8 Å². The number of carbonyl (C=O) groups is 2. The summed E-state index contributed by atoms with van der Waals surface area (Å²) < 4.78 is 12.9. The molecule has 196 valence electrons. The fraction of sp³-hybridized carbons (Fsp3) is 0.385. The molecule has 1 aromatic carbocycles. The van der Waals surface area contributed by atoms with Crippen LogP contribution in [0.3, 0.4) is 0 Å². The molecule has 0 aliphatic heterocycles. The van der Waals surface area contributed by atoms with Crippen molar-refractivity contribution in [2.45, 2.75) is 50.9 Å². The summed E-state index contributed by atoms with van der Waals surface area (Å²) in [5, 5.41) is 13.1. The molecule has 2 atom stereocenters. The molecular formula is C26H29ClN4O4S2. The van der Waals surface area contributed by atoms with E-state index in [9.17, 15) is 9.59 Å². The number of anilines is 1. The average Bonchev–Trinajstić information content (AvgIpc) is 3.44. The van der Waals surface area contributed by atoms with Gasteiger partial charge in [0.15, 0.2) is 17.1 Å². The van der Waals surface area contributed by atoms with Gasteiger partial charge in [-0.1, -0.05) is 48.5 Å². The van der Waals surface area contributed by atoms with Gasteiger partial charge in [0.05, 0.1) is 23.4 Å². The number of carbonyl (C=O) groups excluding carboxylic acids is 2. The minimum Gasteiger partial charge on any atom is -0.481 e. The van der Waals surface area contributed by atoms with Crippen LogP contribution in [0.25, 0.3) is 0 Å². The number of amides is 1. The van der Waals surface area contributed by atoms with E-state index in [4.69, 9.17) is 21.1 Å². The lowest BCUT2D eigenvalue weighted by Crippen LogP contribution is -2.17. The van der Waals surface area contributed by atoms with Crippen molar-refractivity contribution in [1.82, 2.24) is 14.8 Å². The van der Waals surface area contributed by atoms with E-state index >= 15 is 0 Å². The lowest BCUT2D eigenvalue weighted by molar-refractivity contribution is -0.113. The average molecular weight is 561 g/mol. The van der Waals surface area contributed by atoms with E-state index in [1.807, 2.05) is 23.6 Å². The lowest BCUT2D eigenvalue weighted by Gasteiger charge is -2.18. The van der Waals surface area contributed by atoms with Gasteiger partial charge in [0.1, 0.15) is 10.8 Å². The molecule has 0 saturated carbocycles. The summed E-state index contributed by atoms with van der Waals surface area (Å²) in [6.07, 6.45) is 4.02. The number of allylic oxidation sites excluding steroid dienone is 1. The molecule has 8 nitrogen and oxygen atoms in total. The number of methoxy groups -OCH3 is 1. The zero-order chi connectivity index (χ0) is 26.5. The van der Waals surface area contributed by atoms with E-state index < -0.39 is 12.1 Å². The highest BCUT2D eigenvalue weighted by molar-refractivity contribution is 7.99. The summed E-state index contributed by atoms with van der Waals surface area (Å²) in [5.74, 6) is 1.12. The normalized spacial score (nSPS) is 15.5. The topological polar surface area (TPSA) is 95.3 Å². The van der Waals surface area contributed by atoms with Crippen molar-refractivity contribution in [3.63, 3.8) is 0 Å². The quantitative estimate of drug-likeness (QED) is 0.186. The molecule has 4 rings (SSSR count). The monoisotopic (exact) mass is 560 g/mol. The van der Waals surface area contributed by atoms with Crippen molar-refractivity contribution in [2.24, 2.45) is 5.92 Å². The number of fused-ring (bicyclic) bond motifs is 1. The molecule has 2 unspecified atom stereocenters. The number of para-hydroxylation sites is 1. The van der Waals surface area contributed by atoms with Crippen LogP contribution >= 0.6 is 34.7 Å². The third kappa shape index (κ3) is 6.19. The van der Waals surface area contributed by atoms with E-state index in [2.05, 4.69) is 29.0 Å². The van der Waals surface area contributed by atoms with Gasteiger partial charge in [-0.2, -0.15) is 0 Å². The molecular weight excluding hydrogens is 532 g/mol. The first-order valence-corrected chi connectivity index (χ1v) is 14.1. The fourth-order valence-electron chi connectivity index (χ4n) is 4.24. The van der Waals surface area contributed by atoms with Gasteiger partial charge in [-0.05, 0) is 49.8 Å². The predicted molar refractivity (Wildman–Crippen MR) is 147 cm³/mol. The number of ether oxygens (including phenoxy) is 2. The van der Waals surface area contributed by atoms with Gasteiger partial charge in [-0.25, -0.2) is 4.79 Å². The first-order valence-electron chi connectivity index (χ1n) is 11.9. The van der Waals surface area contributed by atoms with E-state index in [1.165, 1.54) is 30.2 Å². The molecule has 1 aliphatic rings. The summed E-state index contributed by atoms with van der Waals surface area (Å²) in [4.78, 5) is 26.6. The van der Waals surface area contributed by atoms with Crippen LogP contribution in [0.1, 0.15) is 53.0 Å². The zero-order valence-corrected chi connectivity index (χ0v) is 23.3. The van der Waals surface area contributed by atoms with Gasteiger partial charge < -0.3 is 14.8 Å². The Morgan fingerprint density at radius 1 is 1.38 bits per heavy atom. The molecule has 2 heterocycles. The number of hydrogen-bond acceptors (Lipinski definition) is 8. The second-order valence-corrected chi connectivity index (χ2v) is 11.3. The van der Waals surface area contributed by atoms with Crippen molar-refractivity contribution in [3.8, 4) is 5.75 Å². The number of hydrogen-bond donors (Lipinski definition) is 1. The highest BCUT2D eigenvalue weighted by atomic mass is 35.5. The summed E-state index contributed by atoms with van der Waals surface area (Å²) in [7, 11) is 1.36. The highest BCUT2D eigenvalue weighted by Crippen LogP contribution is 2.40. The molecule has 0 radical (unpaired) electrons. The number of thiophene rings is 1. The minimum atomic E-state index is -0.432. The van der Waals surface area contributed by atoms with Crippen LogP contribution in [-0.2, 0) is 28.9 Å². The predicted octanol–water partition coefficient (Wildman–Crippen LogP) is 5.96. The maximum absolute atomic E-state index is 12.9. The minimum absolute atomic E-state index is 0.0919. The van der Waals surface area contributed by atoms with Crippen LogP contribution in [0.5, 0.6) is 5.75 Å². The molecule has 3 aromatic rings. The summed E-state index contributed by atoms with van der Waals surface area (Å²) >= 11 is 8.95. The molecule has 37 heavy (non-hydrogen) atoms. The largest absolute Gasteiger partial charge is 0.481 e. The zero-order valence-electron chi connectivity index (χ0n) is 21.0. The van der Waals surface area contributed by atoms with Crippen molar-refractivity contribution in [1.29, 1.82) is 0 Å². The Morgan fingerprint density at radius 3 is 2.89 bits per heavy atom. The molecule has 1 N–H and O–H groups in total. The van der Waals surface area contributed by atoms with Crippen LogP contribution in [0.2, 0.25) is 5.02 Å². The first-order chi connectivity index (χ1) is 17.8. The summed E-state index contributed by atoms with van der Waals surface area (Å²) in [5.41, 5.74) is 1.48. The number of thioether (sulfide) groups is 1. The number of esters is 1. The standard InChI is InChI=1S/C26H29ClN4O4S2/c1-5-12-31-23(16(3)35-19-9-7-6-8-18(19)27)29-30-26(31)36-14-21(32)28-24-22(25(33)34-4)17-11-10-15(2)13-20(17)37-24/h5-9,15-16H,1,10-14H2,2-4H3,(H,28,32). The van der Waals surface area contributed by atoms with Crippen LogP contribution in [0, 0.1) is 5.92 Å². The Labute approximate surface area is 229 Å². The van der Waals surface area contributed by atoms with Crippen LogP contribution < -0.4 is 10.1 Å². The van der Waals surface area contributed by atoms with Crippen molar-refractivity contribution < 1.29 is 19.1 Å². The number of nitrogens with zero attached hydrogens (tertiary/aromatic N) is 3. The Kier molecular flexibility index (Phi) is 8.94. The Balaban J connectivity index is 1.47. The third-order valence-corrected chi connectivity index (χ3v) is 8.50. The summed E-state index contributed by atoms with van der Waals surface area (Å²) in [6, 6.07) is 7.23. The molecule has 0 saturated heterocycles. The second-order valence-electron chi connectivity index (χ2n) is 8.81. The molecule has 0 fully saturated rings. The maximum atomic E-state index is 12.9. The van der Waals surface area contributed by atoms with Gasteiger partial charge in [0.25, 0.3) is 0 Å². The molecule has 2 aromatic heterocycles. The van der Waals surface area contributed by atoms with E-state index in [0.717, 1.165) is 29.7 Å². The smallest absolute Gasteiger partial charge is 0.341 e. The van der Waals surface area contributed by atoms with Gasteiger partial charge >= 0.3 is 5.97 Å². The highest BCUT2D eigenvalue weighted by Gasteiger charge is 2.29. The Morgan fingerprint density at radius 2 is 2.16 bits per heavy atom. The van der Waals surface area contributed by atoms with Crippen molar-refractivity contribution in [2.75, 3.05) is 18.2 Å².